The minimum absolute atomic E-state index is 0.0895. The number of hydrogen-bond donors (Lipinski definition) is 1. The zero-order valence-corrected chi connectivity index (χ0v) is 13.2. The number of rotatable bonds is 4. The highest BCUT2D eigenvalue weighted by Gasteiger charge is 2.14. The molecule has 5 nitrogen and oxygen atoms in total. The molecule has 118 valence electrons. The van der Waals surface area contributed by atoms with Gasteiger partial charge in [0.15, 0.2) is 5.58 Å². The molecule has 0 aliphatic heterocycles. The van der Waals surface area contributed by atoms with Crippen molar-refractivity contribution < 1.29 is 9.21 Å². The summed E-state index contributed by atoms with van der Waals surface area (Å²) in [5.74, 6) is -0.804. The molecule has 3 aromatic rings. The summed E-state index contributed by atoms with van der Waals surface area (Å²) in [6.45, 7) is 1.78. The van der Waals surface area contributed by atoms with Gasteiger partial charge in [-0.25, -0.2) is 4.79 Å². The van der Waals surface area contributed by atoms with Crippen molar-refractivity contribution in [2.24, 2.45) is 0 Å². The Kier molecular flexibility index (Phi) is 4.21. The fraction of sp³-hybridized carbons (Fsp3) is 0.176. The summed E-state index contributed by atoms with van der Waals surface area (Å²) in [5.41, 5.74) is 2.01. The Hall–Kier alpha value is -2.53. The molecule has 23 heavy (non-hydrogen) atoms. The number of oxazole rings is 1. The maximum absolute atomic E-state index is 12.2. The third kappa shape index (κ3) is 3.29. The number of benzene rings is 2. The van der Waals surface area contributed by atoms with Crippen molar-refractivity contribution in [2.75, 3.05) is 0 Å². The number of aromatic nitrogens is 1. The second-order valence-corrected chi connectivity index (χ2v) is 5.70. The number of fused-ring (bicyclic) bond motifs is 1. The van der Waals surface area contributed by atoms with Crippen LogP contribution in [0.4, 0.5) is 0 Å². The first-order chi connectivity index (χ1) is 11.0. The van der Waals surface area contributed by atoms with Crippen molar-refractivity contribution in [2.45, 2.75) is 19.5 Å². The van der Waals surface area contributed by atoms with E-state index in [1.165, 1.54) is 4.57 Å². The van der Waals surface area contributed by atoms with E-state index >= 15 is 0 Å². The van der Waals surface area contributed by atoms with Crippen molar-refractivity contribution >= 4 is 28.6 Å². The molecule has 1 atom stereocenters. The predicted octanol–water partition coefficient (Wildman–Crippen LogP) is 3.13. The van der Waals surface area contributed by atoms with Crippen LogP contribution in [-0.4, -0.2) is 10.5 Å². The average molecular weight is 331 g/mol. The van der Waals surface area contributed by atoms with E-state index in [1.54, 1.807) is 36.4 Å². The van der Waals surface area contributed by atoms with Crippen molar-refractivity contribution in [3.8, 4) is 0 Å². The van der Waals surface area contributed by atoms with Gasteiger partial charge < -0.3 is 9.73 Å². The van der Waals surface area contributed by atoms with E-state index in [-0.39, 0.29) is 18.5 Å². The zero-order valence-electron chi connectivity index (χ0n) is 12.5. The lowest BCUT2D eigenvalue weighted by molar-refractivity contribution is -0.122. The summed E-state index contributed by atoms with van der Waals surface area (Å²) in [6, 6.07) is 14.1. The van der Waals surface area contributed by atoms with E-state index < -0.39 is 5.76 Å². The first kappa shape index (κ1) is 15.4. The normalized spacial score (nSPS) is 12.3. The molecular weight excluding hydrogens is 316 g/mol. The van der Waals surface area contributed by atoms with Crippen LogP contribution < -0.4 is 11.1 Å². The Balaban J connectivity index is 1.75. The number of nitrogens with one attached hydrogen (secondary N) is 1. The highest BCUT2D eigenvalue weighted by Crippen LogP contribution is 2.16. The monoisotopic (exact) mass is 330 g/mol. The molecule has 1 amide bonds. The van der Waals surface area contributed by atoms with Crippen molar-refractivity contribution in [1.82, 2.24) is 9.88 Å². The molecular formula is C17H15ClN2O3. The van der Waals surface area contributed by atoms with E-state index in [4.69, 9.17) is 16.0 Å². The van der Waals surface area contributed by atoms with E-state index in [0.29, 0.717) is 16.1 Å². The Morgan fingerprint density at radius 3 is 2.65 bits per heavy atom. The Morgan fingerprint density at radius 2 is 1.91 bits per heavy atom. The maximum atomic E-state index is 12.2. The van der Waals surface area contributed by atoms with Crippen LogP contribution in [-0.2, 0) is 11.3 Å². The minimum Gasteiger partial charge on any atom is -0.408 e. The predicted molar refractivity (Wildman–Crippen MR) is 88.5 cm³/mol. The second-order valence-electron chi connectivity index (χ2n) is 5.26. The molecule has 0 aliphatic rings. The van der Waals surface area contributed by atoms with Crippen molar-refractivity contribution in [3.63, 3.8) is 0 Å². The van der Waals surface area contributed by atoms with Crippen molar-refractivity contribution in [1.29, 1.82) is 0 Å². The summed E-state index contributed by atoms with van der Waals surface area (Å²) in [7, 11) is 0. The van der Waals surface area contributed by atoms with Gasteiger partial charge in [0.25, 0.3) is 0 Å². The molecule has 0 radical (unpaired) electrons. The smallest absolute Gasteiger partial charge is 0.408 e. The number of carbonyl (C=O) groups excluding carboxylic acids is 1. The largest absolute Gasteiger partial charge is 0.420 e. The summed E-state index contributed by atoms with van der Waals surface area (Å²) >= 11 is 5.85. The summed E-state index contributed by atoms with van der Waals surface area (Å²) in [6.07, 6.45) is 0. The van der Waals surface area contributed by atoms with Crippen LogP contribution in [0.1, 0.15) is 18.5 Å². The van der Waals surface area contributed by atoms with E-state index in [2.05, 4.69) is 5.32 Å². The van der Waals surface area contributed by atoms with E-state index in [9.17, 15) is 9.59 Å². The fourth-order valence-electron chi connectivity index (χ4n) is 2.43. The van der Waals surface area contributed by atoms with Crippen molar-refractivity contribution in [3.05, 3.63) is 69.7 Å². The van der Waals surface area contributed by atoms with Gasteiger partial charge in [0.2, 0.25) is 5.91 Å². The molecule has 6 heteroatoms. The highest BCUT2D eigenvalue weighted by atomic mass is 35.5. The molecule has 1 unspecified atom stereocenters. The van der Waals surface area contributed by atoms with Gasteiger partial charge in [0.1, 0.15) is 6.54 Å². The van der Waals surface area contributed by atoms with Gasteiger partial charge in [-0.3, -0.25) is 9.36 Å². The number of nitrogens with zero attached hydrogens (tertiary/aromatic N) is 1. The number of para-hydroxylation sites is 2. The Bertz CT molecular complexity index is 896. The molecule has 0 saturated carbocycles. The third-order valence-corrected chi connectivity index (χ3v) is 3.87. The fourth-order valence-corrected chi connectivity index (χ4v) is 2.56. The Labute approximate surface area is 137 Å². The topological polar surface area (TPSA) is 64.2 Å². The number of carbonyl (C=O) groups is 1. The molecule has 0 bridgehead atoms. The maximum Gasteiger partial charge on any atom is 0.420 e. The molecule has 2 aromatic carbocycles. The van der Waals surface area contributed by atoms with Crippen LogP contribution in [0.5, 0.6) is 0 Å². The number of hydrogen-bond acceptors (Lipinski definition) is 3. The SMILES string of the molecule is CC(NC(=O)Cn1c(=O)oc2ccccc21)c1ccc(Cl)cc1. The lowest BCUT2D eigenvalue weighted by Gasteiger charge is -2.14. The second kappa shape index (κ2) is 6.30. The first-order valence-corrected chi connectivity index (χ1v) is 7.55. The molecule has 0 fully saturated rings. The van der Waals surface area contributed by atoms with Crippen LogP contribution in [0.3, 0.4) is 0 Å². The molecule has 0 aliphatic carbocycles. The van der Waals surface area contributed by atoms with Gasteiger partial charge in [-0.2, -0.15) is 0 Å². The summed E-state index contributed by atoms with van der Waals surface area (Å²) in [5, 5.41) is 3.50. The van der Waals surface area contributed by atoms with Gasteiger partial charge in [0, 0.05) is 5.02 Å². The standard InChI is InChI=1S/C17H15ClN2O3/c1-11(12-6-8-13(18)9-7-12)19-16(21)10-20-14-4-2-3-5-15(14)23-17(20)22/h2-9,11H,10H2,1H3,(H,19,21). The zero-order chi connectivity index (χ0) is 16.4. The molecule has 1 N–H and O–H groups in total. The number of halogens is 1. The van der Waals surface area contributed by atoms with Gasteiger partial charge in [-0.1, -0.05) is 35.9 Å². The molecule has 1 heterocycles. The van der Waals surface area contributed by atoms with Gasteiger partial charge in [-0.05, 0) is 36.8 Å². The van der Waals surface area contributed by atoms with Gasteiger partial charge in [-0.15, -0.1) is 0 Å². The van der Waals surface area contributed by atoms with E-state index in [1.807, 2.05) is 19.1 Å². The van der Waals surface area contributed by atoms with E-state index in [0.717, 1.165) is 5.56 Å². The molecule has 0 spiro atoms. The highest BCUT2D eigenvalue weighted by molar-refractivity contribution is 6.30. The average Bonchev–Trinajstić information content (AvgIpc) is 2.84. The van der Waals surface area contributed by atoms with Gasteiger partial charge in [0.05, 0.1) is 11.6 Å². The van der Waals surface area contributed by atoms with Crippen LogP contribution in [0, 0.1) is 0 Å². The first-order valence-electron chi connectivity index (χ1n) is 7.18. The third-order valence-electron chi connectivity index (χ3n) is 3.62. The molecule has 3 rings (SSSR count). The lowest BCUT2D eigenvalue weighted by atomic mass is 10.1. The molecule has 0 saturated heterocycles. The Morgan fingerprint density at radius 1 is 1.22 bits per heavy atom. The molecule has 1 aromatic heterocycles. The van der Waals surface area contributed by atoms with Crippen LogP contribution >= 0.6 is 11.6 Å². The lowest BCUT2D eigenvalue weighted by Crippen LogP contribution is -2.32. The minimum atomic E-state index is -0.541. The van der Waals surface area contributed by atoms with Gasteiger partial charge >= 0.3 is 5.76 Å². The van der Waals surface area contributed by atoms with Crippen LogP contribution in [0.25, 0.3) is 11.1 Å². The quantitative estimate of drug-likeness (QED) is 0.799. The van der Waals surface area contributed by atoms with Crippen LogP contribution in [0.15, 0.2) is 57.7 Å². The summed E-state index contributed by atoms with van der Waals surface area (Å²) in [4.78, 5) is 24.1. The number of amides is 1. The van der Waals surface area contributed by atoms with Crippen LogP contribution in [0.2, 0.25) is 5.02 Å². The summed E-state index contributed by atoms with van der Waals surface area (Å²) < 4.78 is 6.43.